The van der Waals surface area contributed by atoms with Crippen LogP contribution in [0.4, 0.5) is 0 Å². The summed E-state index contributed by atoms with van der Waals surface area (Å²) < 4.78 is 22.1. The first-order chi connectivity index (χ1) is 10.4. The topological polar surface area (TPSA) is 158 Å². The second-order valence-electron chi connectivity index (χ2n) is 6.38. The summed E-state index contributed by atoms with van der Waals surface area (Å²) in [5.41, 5.74) is -1.35. The van der Waals surface area contributed by atoms with Crippen molar-refractivity contribution in [1.82, 2.24) is 0 Å². The van der Waals surface area contributed by atoms with E-state index in [0.29, 0.717) is 0 Å². The largest absolute Gasteiger partial charge is 1.00 e. The molecular weight excluding hydrogens is 326 g/mol. The standard InChI is InChI=1S/C11H18BO10.Na/c13-1-4-5(16)7-10(2-14,19-4)12(7)21-8-6(17)9(18)20-11(8,3-15)22-12;/h4-9,13-18H,1-3H2;/q-1;+1/t4-,5-,6+,7+,8+,9+,10-,11+,12?;/m1./s1. The summed E-state index contributed by atoms with van der Waals surface area (Å²) in [6.45, 7) is -4.05. The van der Waals surface area contributed by atoms with Crippen LogP contribution >= 0.6 is 0 Å². The van der Waals surface area contributed by atoms with Gasteiger partial charge in [-0.25, -0.2) is 0 Å². The molecule has 4 heterocycles. The Morgan fingerprint density at radius 2 is 1.65 bits per heavy atom. The maximum absolute atomic E-state index is 10.2. The molecule has 0 aromatic carbocycles. The molecule has 4 saturated heterocycles. The molecule has 0 aromatic heterocycles. The van der Waals surface area contributed by atoms with Crippen LogP contribution in [0, 0.1) is 0 Å². The smallest absolute Gasteiger partial charge is 0.558 e. The average Bonchev–Trinajstić information content (AvgIpc) is 2.75. The number of fused-ring (bicyclic) bond motifs is 4. The Labute approximate surface area is 153 Å². The zero-order chi connectivity index (χ0) is 15.9. The van der Waals surface area contributed by atoms with Crippen LogP contribution in [0.2, 0.25) is 5.82 Å². The number of aliphatic hydroxyl groups excluding tert-OH is 6. The predicted octanol–water partition coefficient (Wildman–Crippen LogP) is -7.35. The van der Waals surface area contributed by atoms with E-state index in [2.05, 4.69) is 0 Å². The number of aliphatic hydroxyl groups is 6. The van der Waals surface area contributed by atoms with E-state index in [-0.39, 0.29) is 29.6 Å². The molecular formula is C11H18BNaO10. The van der Waals surface area contributed by atoms with Crippen molar-refractivity contribution in [3.63, 3.8) is 0 Å². The summed E-state index contributed by atoms with van der Waals surface area (Å²) in [5, 5.41) is 58.1. The van der Waals surface area contributed by atoms with Crippen LogP contribution in [0.5, 0.6) is 0 Å². The maximum Gasteiger partial charge on any atom is 1.00 e. The Kier molecular flexibility index (Phi) is 4.48. The monoisotopic (exact) mass is 344 g/mol. The Morgan fingerprint density at radius 1 is 0.957 bits per heavy atom. The van der Waals surface area contributed by atoms with Gasteiger partial charge < -0.3 is 49.4 Å². The fourth-order valence-electron chi connectivity index (χ4n) is 4.39. The molecule has 23 heavy (non-hydrogen) atoms. The van der Waals surface area contributed by atoms with Crippen molar-refractivity contribution >= 4 is 6.55 Å². The Balaban J connectivity index is 0.00000156. The van der Waals surface area contributed by atoms with Gasteiger partial charge in [0.1, 0.15) is 12.2 Å². The summed E-state index contributed by atoms with van der Waals surface area (Å²) in [6.07, 6.45) is -6.21. The third-order valence-corrected chi connectivity index (χ3v) is 5.46. The quantitative estimate of drug-likeness (QED) is 0.272. The van der Waals surface area contributed by atoms with Gasteiger partial charge in [0.25, 0.3) is 6.55 Å². The first-order valence-corrected chi connectivity index (χ1v) is 7.16. The molecule has 0 radical (unpaired) electrons. The summed E-state index contributed by atoms with van der Waals surface area (Å²) in [7, 11) is 0. The third kappa shape index (κ3) is 1.94. The second kappa shape index (κ2) is 5.58. The second-order valence-corrected chi connectivity index (χ2v) is 6.38. The van der Waals surface area contributed by atoms with E-state index in [1.165, 1.54) is 0 Å². The number of rotatable bonds is 3. The molecule has 4 rings (SSSR count). The molecule has 9 atom stereocenters. The van der Waals surface area contributed by atoms with Crippen molar-refractivity contribution < 1.29 is 79.0 Å². The van der Waals surface area contributed by atoms with Gasteiger partial charge in [0, 0.05) is 12.1 Å². The summed E-state index contributed by atoms with van der Waals surface area (Å²) in [4.78, 5) is 0. The molecule has 1 unspecified atom stereocenters. The van der Waals surface area contributed by atoms with Crippen molar-refractivity contribution in [3.05, 3.63) is 0 Å². The molecule has 4 aliphatic heterocycles. The molecule has 10 nitrogen and oxygen atoms in total. The van der Waals surface area contributed by atoms with Crippen molar-refractivity contribution in [2.24, 2.45) is 0 Å². The molecule has 0 bridgehead atoms. The maximum atomic E-state index is 10.2. The third-order valence-electron chi connectivity index (χ3n) is 5.46. The summed E-state index contributed by atoms with van der Waals surface area (Å²) >= 11 is 0. The molecule has 12 heteroatoms. The van der Waals surface area contributed by atoms with Crippen molar-refractivity contribution in [1.29, 1.82) is 0 Å². The van der Waals surface area contributed by atoms with Crippen LogP contribution in [0.3, 0.4) is 0 Å². The molecule has 0 aromatic rings. The van der Waals surface area contributed by atoms with Gasteiger partial charge in [-0.3, -0.25) is 0 Å². The van der Waals surface area contributed by atoms with E-state index in [0.717, 1.165) is 0 Å². The van der Waals surface area contributed by atoms with Crippen LogP contribution in [0.15, 0.2) is 0 Å². The zero-order valence-electron chi connectivity index (χ0n) is 12.5. The molecule has 0 amide bonds. The van der Waals surface area contributed by atoms with Gasteiger partial charge in [0.15, 0.2) is 12.1 Å². The average molecular weight is 344 g/mol. The van der Waals surface area contributed by atoms with Gasteiger partial charge in [-0.15, -0.1) is 0 Å². The molecule has 4 fully saturated rings. The van der Waals surface area contributed by atoms with E-state index < -0.39 is 74.2 Å². The van der Waals surface area contributed by atoms with Gasteiger partial charge >= 0.3 is 29.6 Å². The van der Waals surface area contributed by atoms with E-state index >= 15 is 0 Å². The first-order valence-electron chi connectivity index (χ1n) is 7.16. The van der Waals surface area contributed by atoms with Gasteiger partial charge in [-0.05, 0) is 0 Å². The van der Waals surface area contributed by atoms with Crippen LogP contribution in [0.1, 0.15) is 0 Å². The van der Waals surface area contributed by atoms with E-state index in [1.54, 1.807) is 0 Å². The van der Waals surface area contributed by atoms with Crippen LogP contribution in [-0.4, -0.2) is 99.0 Å². The van der Waals surface area contributed by atoms with Crippen LogP contribution in [-0.2, 0) is 18.8 Å². The predicted molar refractivity (Wildman–Crippen MR) is 66.2 cm³/mol. The van der Waals surface area contributed by atoms with Crippen LogP contribution in [0.25, 0.3) is 0 Å². The summed E-state index contributed by atoms with van der Waals surface area (Å²) in [5.74, 6) is -2.53. The Bertz CT molecular complexity index is 499. The van der Waals surface area contributed by atoms with Crippen molar-refractivity contribution in [2.75, 3.05) is 19.8 Å². The van der Waals surface area contributed by atoms with E-state index in [4.69, 9.17) is 18.8 Å². The van der Waals surface area contributed by atoms with Crippen molar-refractivity contribution in [2.45, 2.75) is 47.8 Å². The zero-order valence-corrected chi connectivity index (χ0v) is 14.5. The molecule has 0 aliphatic carbocycles. The van der Waals surface area contributed by atoms with E-state index in [9.17, 15) is 30.6 Å². The molecule has 4 aliphatic rings. The van der Waals surface area contributed by atoms with Gasteiger partial charge in [0.05, 0.1) is 25.4 Å². The van der Waals surface area contributed by atoms with Crippen LogP contribution < -0.4 is 29.6 Å². The summed E-state index contributed by atoms with van der Waals surface area (Å²) in [6, 6.07) is 0. The number of ether oxygens (including phenoxy) is 2. The molecule has 1 spiro atoms. The van der Waals surface area contributed by atoms with Gasteiger partial charge in [-0.2, -0.15) is 0 Å². The minimum atomic E-state index is -2.40. The minimum Gasteiger partial charge on any atom is -0.558 e. The molecule has 6 N–H and O–H groups in total. The first kappa shape index (κ1) is 18.5. The molecule has 126 valence electrons. The minimum absolute atomic E-state index is 0. The normalized spacial score (nSPS) is 59.7. The Hall–Kier alpha value is 0.665. The van der Waals surface area contributed by atoms with E-state index in [1.807, 2.05) is 0 Å². The number of hydrogen-bond acceptors (Lipinski definition) is 10. The number of hydrogen-bond donors (Lipinski definition) is 6. The van der Waals surface area contributed by atoms with Gasteiger partial charge in [-0.1, -0.05) is 5.82 Å². The SMILES string of the molecule is OC[C@H]1O[C@]2(CO)[C@H]([C@@H]1O)[B-]21O[C@H]2[C@H](O)[C@@H](O)O[C@@]2(CO)O1.[Na+]. The molecule has 0 saturated carbocycles. The van der Waals surface area contributed by atoms with Crippen molar-refractivity contribution in [3.8, 4) is 0 Å². The fourth-order valence-corrected chi connectivity index (χ4v) is 4.39. The fraction of sp³-hybridized carbons (Fsp3) is 1.00. The van der Waals surface area contributed by atoms with Gasteiger partial charge in [0.2, 0.25) is 0 Å². The Morgan fingerprint density at radius 3 is 2.13 bits per heavy atom.